The average molecular weight is 264 g/mol. The summed E-state index contributed by atoms with van der Waals surface area (Å²) in [6, 6.07) is -0.575. The Balaban J connectivity index is 2.42. The molecule has 2 heterocycles. The van der Waals surface area contributed by atoms with Gasteiger partial charge in [0.25, 0.3) is 11.5 Å². The number of hydrogen-bond acceptors (Lipinski definition) is 4. The lowest BCUT2D eigenvalue weighted by atomic mass is 10.1. The van der Waals surface area contributed by atoms with Crippen LogP contribution >= 0.6 is 0 Å². The van der Waals surface area contributed by atoms with E-state index in [-0.39, 0.29) is 11.5 Å². The molecule has 1 aromatic heterocycles. The summed E-state index contributed by atoms with van der Waals surface area (Å²) in [5.74, 6) is -0.633. The molecule has 2 N–H and O–H groups in total. The minimum absolute atomic E-state index is 0.0639. The van der Waals surface area contributed by atoms with Crippen LogP contribution in [0, 0.1) is 13.8 Å². The molecule has 0 aliphatic carbocycles. The summed E-state index contributed by atoms with van der Waals surface area (Å²) < 4.78 is 0. The van der Waals surface area contributed by atoms with Crippen LogP contribution in [0.15, 0.2) is 4.79 Å². The van der Waals surface area contributed by atoms with Crippen LogP contribution in [0.25, 0.3) is 0 Å². The summed E-state index contributed by atoms with van der Waals surface area (Å²) in [5.41, 5.74) is 0.685. The monoisotopic (exact) mass is 264 g/mol. The molecule has 7 nitrogen and oxygen atoms in total. The number of amides is 2. The van der Waals surface area contributed by atoms with Crippen LogP contribution in [0.4, 0.5) is 0 Å². The first kappa shape index (κ1) is 13.3. The fraction of sp³-hybridized carbons (Fsp3) is 0.500. The van der Waals surface area contributed by atoms with Crippen molar-refractivity contribution in [2.45, 2.75) is 26.8 Å². The van der Waals surface area contributed by atoms with Gasteiger partial charge in [-0.1, -0.05) is 0 Å². The van der Waals surface area contributed by atoms with Crippen molar-refractivity contribution < 1.29 is 9.59 Å². The van der Waals surface area contributed by atoms with Crippen molar-refractivity contribution in [1.29, 1.82) is 0 Å². The Morgan fingerprint density at radius 3 is 2.74 bits per heavy atom. The van der Waals surface area contributed by atoms with Crippen molar-refractivity contribution in [1.82, 2.24) is 20.4 Å². The van der Waals surface area contributed by atoms with Gasteiger partial charge in [-0.3, -0.25) is 14.4 Å². The number of aromatic amines is 1. The minimum atomic E-state index is -0.575. The highest BCUT2D eigenvalue weighted by Crippen LogP contribution is 2.12. The third kappa shape index (κ3) is 2.23. The van der Waals surface area contributed by atoms with Crippen molar-refractivity contribution >= 4 is 11.8 Å². The van der Waals surface area contributed by atoms with Gasteiger partial charge in [0.2, 0.25) is 5.91 Å². The summed E-state index contributed by atoms with van der Waals surface area (Å²) in [4.78, 5) is 37.2. The molecule has 1 atom stereocenters. The first-order chi connectivity index (χ1) is 8.93. The summed E-state index contributed by atoms with van der Waals surface area (Å²) in [6.45, 7) is 5.83. The highest BCUT2D eigenvalue weighted by molar-refractivity contribution is 5.98. The number of aryl methyl sites for hydroxylation is 1. The second kappa shape index (κ2) is 4.83. The Labute approximate surface area is 110 Å². The topological polar surface area (TPSA) is 95.2 Å². The molecule has 1 aromatic rings. The molecule has 0 spiro atoms. The normalized spacial score (nSPS) is 19.2. The van der Waals surface area contributed by atoms with E-state index in [1.807, 2.05) is 0 Å². The number of H-pyrrole nitrogens is 1. The predicted molar refractivity (Wildman–Crippen MR) is 67.8 cm³/mol. The molecular formula is C12H16N4O3. The molecule has 1 unspecified atom stereocenters. The van der Waals surface area contributed by atoms with Gasteiger partial charge in [-0.2, -0.15) is 5.10 Å². The van der Waals surface area contributed by atoms with Crippen molar-refractivity contribution in [2.24, 2.45) is 0 Å². The largest absolute Gasteiger partial charge is 0.353 e. The van der Waals surface area contributed by atoms with Gasteiger partial charge in [-0.25, -0.2) is 5.10 Å². The summed E-state index contributed by atoms with van der Waals surface area (Å²) in [6.07, 6.45) is 0. The molecule has 1 aliphatic rings. The van der Waals surface area contributed by atoms with Crippen LogP contribution < -0.4 is 10.9 Å². The minimum Gasteiger partial charge on any atom is -0.353 e. The van der Waals surface area contributed by atoms with Crippen LogP contribution in [0.5, 0.6) is 0 Å². The molecule has 102 valence electrons. The quantitative estimate of drug-likeness (QED) is 0.704. The van der Waals surface area contributed by atoms with E-state index >= 15 is 0 Å². The highest BCUT2D eigenvalue weighted by atomic mass is 16.2. The van der Waals surface area contributed by atoms with Gasteiger partial charge in [-0.15, -0.1) is 0 Å². The van der Waals surface area contributed by atoms with E-state index in [0.29, 0.717) is 24.3 Å². The van der Waals surface area contributed by atoms with Gasteiger partial charge in [-0.05, 0) is 26.3 Å². The average Bonchev–Trinajstić information content (AvgIpc) is 2.37. The number of piperazine rings is 1. The Bertz CT molecular complexity index is 593. The van der Waals surface area contributed by atoms with E-state index in [4.69, 9.17) is 0 Å². The van der Waals surface area contributed by atoms with E-state index in [1.165, 1.54) is 4.90 Å². The molecule has 2 rings (SSSR count). The standard InChI is InChI=1S/C12H16N4O3/c1-6-7(2)14-15-11(18)9(6)12(19)16-5-4-13-10(17)8(16)3/h8H,4-5H2,1-3H3,(H,13,17)(H,15,18). The maximum Gasteiger partial charge on any atom is 0.277 e. The van der Waals surface area contributed by atoms with Crippen LogP contribution in [0.3, 0.4) is 0 Å². The number of hydrogen-bond donors (Lipinski definition) is 2. The second-order valence-electron chi connectivity index (χ2n) is 4.60. The maximum atomic E-state index is 12.4. The van der Waals surface area contributed by atoms with E-state index in [0.717, 1.165) is 0 Å². The lowest BCUT2D eigenvalue weighted by molar-refractivity contribution is -0.127. The molecule has 0 bridgehead atoms. The molecule has 7 heteroatoms. The van der Waals surface area contributed by atoms with Gasteiger partial charge >= 0.3 is 0 Å². The molecule has 2 amide bonds. The highest BCUT2D eigenvalue weighted by Gasteiger charge is 2.32. The SMILES string of the molecule is Cc1n[nH]c(=O)c(C(=O)N2CCNC(=O)C2C)c1C. The maximum absolute atomic E-state index is 12.4. The summed E-state index contributed by atoms with van der Waals surface area (Å²) in [7, 11) is 0. The molecule has 0 saturated carbocycles. The van der Waals surface area contributed by atoms with E-state index in [1.54, 1.807) is 20.8 Å². The van der Waals surface area contributed by atoms with Crippen LogP contribution in [0.2, 0.25) is 0 Å². The molecule has 1 saturated heterocycles. The van der Waals surface area contributed by atoms with Crippen LogP contribution in [-0.4, -0.2) is 46.0 Å². The number of rotatable bonds is 1. The molecule has 1 aliphatic heterocycles. The van der Waals surface area contributed by atoms with Crippen molar-refractivity contribution in [3.8, 4) is 0 Å². The first-order valence-corrected chi connectivity index (χ1v) is 6.08. The number of carbonyl (C=O) groups excluding carboxylic acids is 2. The van der Waals surface area contributed by atoms with Gasteiger partial charge in [0.05, 0.1) is 5.69 Å². The van der Waals surface area contributed by atoms with Crippen LogP contribution in [0.1, 0.15) is 28.5 Å². The van der Waals surface area contributed by atoms with Gasteiger partial charge in [0.15, 0.2) is 0 Å². The fourth-order valence-corrected chi connectivity index (χ4v) is 2.09. The Morgan fingerprint density at radius 1 is 1.37 bits per heavy atom. The second-order valence-corrected chi connectivity index (χ2v) is 4.60. The Kier molecular flexibility index (Phi) is 3.37. The van der Waals surface area contributed by atoms with Gasteiger partial charge in [0.1, 0.15) is 11.6 Å². The van der Waals surface area contributed by atoms with Crippen molar-refractivity contribution in [2.75, 3.05) is 13.1 Å². The van der Waals surface area contributed by atoms with Crippen molar-refractivity contribution in [3.05, 3.63) is 27.2 Å². The Morgan fingerprint density at radius 2 is 2.05 bits per heavy atom. The third-order valence-electron chi connectivity index (χ3n) is 3.44. The summed E-state index contributed by atoms with van der Waals surface area (Å²) in [5, 5.41) is 8.79. The molecular weight excluding hydrogens is 248 g/mol. The lowest BCUT2D eigenvalue weighted by Gasteiger charge is -2.32. The van der Waals surface area contributed by atoms with Crippen LogP contribution in [-0.2, 0) is 4.79 Å². The molecule has 1 fully saturated rings. The number of aromatic nitrogens is 2. The van der Waals surface area contributed by atoms with E-state index < -0.39 is 17.5 Å². The first-order valence-electron chi connectivity index (χ1n) is 6.08. The summed E-state index contributed by atoms with van der Waals surface area (Å²) >= 11 is 0. The zero-order valence-corrected chi connectivity index (χ0v) is 11.1. The van der Waals surface area contributed by atoms with E-state index in [2.05, 4.69) is 15.5 Å². The zero-order chi connectivity index (χ0) is 14.2. The van der Waals surface area contributed by atoms with Gasteiger partial charge in [0, 0.05) is 13.1 Å². The molecule has 19 heavy (non-hydrogen) atoms. The van der Waals surface area contributed by atoms with Crippen molar-refractivity contribution in [3.63, 3.8) is 0 Å². The smallest absolute Gasteiger partial charge is 0.277 e. The predicted octanol–water partition coefficient (Wildman–Crippen LogP) is -0.653. The number of nitrogens with zero attached hydrogens (tertiary/aromatic N) is 2. The number of carbonyl (C=O) groups is 2. The van der Waals surface area contributed by atoms with Gasteiger partial charge < -0.3 is 10.2 Å². The van der Waals surface area contributed by atoms with E-state index in [9.17, 15) is 14.4 Å². The third-order valence-corrected chi connectivity index (χ3v) is 3.44. The zero-order valence-electron chi connectivity index (χ0n) is 11.1. The number of nitrogens with one attached hydrogen (secondary N) is 2. The lowest BCUT2D eigenvalue weighted by Crippen LogP contribution is -2.56. The molecule has 0 radical (unpaired) electrons. The Hall–Kier alpha value is -2.18. The fourth-order valence-electron chi connectivity index (χ4n) is 2.09. The molecule has 0 aromatic carbocycles.